The number of hydrogen-bond acceptors (Lipinski definition) is 6. The van der Waals surface area contributed by atoms with Crippen molar-refractivity contribution in [1.29, 1.82) is 0 Å². The van der Waals surface area contributed by atoms with E-state index < -0.39 is 27.8 Å². The summed E-state index contributed by atoms with van der Waals surface area (Å²) in [4.78, 5) is 35.8. The molecule has 29 heavy (non-hydrogen) atoms. The summed E-state index contributed by atoms with van der Waals surface area (Å²) in [5.74, 6) is -2.41. The highest BCUT2D eigenvalue weighted by Crippen LogP contribution is 2.18. The number of ether oxygens (including phenoxy) is 1. The number of hydrogen-bond donors (Lipinski definition) is 1. The molecule has 0 radical (unpaired) electrons. The van der Waals surface area contributed by atoms with Gasteiger partial charge in [0.25, 0.3) is 0 Å². The zero-order valence-corrected chi connectivity index (χ0v) is 17.1. The van der Waals surface area contributed by atoms with Crippen molar-refractivity contribution in [2.75, 3.05) is 12.9 Å². The molecule has 0 bridgehead atoms. The smallest absolute Gasteiger partial charge is 0.305 e. The van der Waals surface area contributed by atoms with E-state index in [4.69, 9.17) is 0 Å². The molecule has 0 aliphatic carbocycles. The maximum Gasteiger partial charge on any atom is 0.305 e. The topological polar surface area (TPSA) is 107 Å². The fourth-order valence-electron chi connectivity index (χ4n) is 2.63. The van der Waals surface area contributed by atoms with Crippen molar-refractivity contribution in [3.8, 4) is 0 Å². The average molecular weight is 417 g/mol. The van der Waals surface area contributed by atoms with E-state index in [2.05, 4.69) is 4.74 Å². The first kappa shape index (κ1) is 22.3. The fourth-order valence-corrected chi connectivity index (χ4v) is 3.74. The second-order valence-electron chi connectivity index (χ2n) is 6.50. The molecule has 7 nitrogen and oxygen atoms in total. The summed E-state index contributed by atoms with van der Waals surface area (Å²) >= 11 is 0. The predicted octanol–water partition coefficient (Wildman–Crippen LogP) is 2.42. The van der Waals surface area contributed by atoms with Crippen molar-refractivity contribution in [3.05, 3.63) is 71.3 Å². The first-order chi connectivity index (χ1) is 13.7. The van der Waals surface area contributed by atoms with E-state index in [1.165, 1.54) is 7.11 Å². The minimum atomic E-state index is -3.86. The number of carbonyl (C=O) groups excluding carboxylic acids is 3. The molecule has 0 fully saturated rings. The van der Waals surface area contributed by atoms with E-state index in [-0.39, 0.29) is 24.4 Å². The Morgan fingerprint density at radius 2 is 1.55 bits per heavy atom. The number of carbonyl (C=O) groups is 3. The van der Waals surface area contributed by atoms with Crippen LogP contribution in [0.1, 0.15) is 47.2 Å². The molecule has 0 heterocycles. The SMILES string of the molecule is COC(=O)CCCS(=O)(=O)NC(=O)C(C)c1ccc(C(=O)c2ccccc2)cc1. The van der Waals surface area contributed by atoms with Crippen LogP contribution in [-0.2, 0) is 24.3 Å². The standard InChI is InChI=1S/C21H23NO6S/c1-15(21(25)22-29(26,27)14-6-9-19(23)28-2)16-10-12-18(13-11-16)20(24)17-7-4-3-5-8-17/h3-5,7-8,10-13,15H,6,9,14H2,1-2H3,(H,22,25). The Bertz CT molecular complexity index is 968. The number of rotatable bonds is 9. The molecule has 2 rings (SSSR count). The van der Waals surface area contributed by atoms with Crippen LogP contribution in [0.4, 0.5) is 0 Å². The van der Waals surface area contributed by atoms with Crippen LogP contribution in [-0.4, -0.2) is 38.9 Å². The molecule has 1 unspecified atom stereocenters. The normalized spacial score (nSPS) is 12.1. The fraction of sp³-hybridized carbons (Fsp3) is 0.286. The van der Waals surface area contributed by atoms with Crippen molar-refractivity contribution in [3.63, 3.8) is 0 Å². The number of ketones is 1. The molecule has 2 aromatic carbocycles. The van der Waals surface area contributed by atoms with E-state index in [1.54, 1.807) is 55.5 Å². The molecule has 8 heteroatoms. The van der Waals surface area contributed by atoms with Crippen LogP contribution < -0.4 is 4.72 Å². The predicted molar refractivity (Wildman–Crippen MR) is 108 cm³/mol. The van der Waals surface area contributed by atoms with Crippen LogP contribution in [0.2, 0.25) is 0 Å². The lowest BCUT2D eigenvalue weighted by Gasteiger charge is -2.13. The highest BCUT2D eigenvalue weighted by atomic mass is 32.2. The zero-order chi connectivity index (χ0) is 21.4. The molecule has 0 aliphatic rings. The third kappa shape index (κ3) is 6.53. The number of methoxy groups -OCH3 is 1. The molecular weight excluding hydrogens is 394 g/mol. The summed E-state index contributed by atoms with van der Waals surface area (Å²) in [6, 6.07) is 15.3. The van der Waals surface area contributed by atoms with E-state index in [0.717, 1.165) is 0 Å². The van der Waals surface area contributed by atoms with Gasteiger partial charge in [0.2, 0.25) is 15.9 Å². The third-order valence-corrected chi connectivity index (χ3v) is 5.72. The summed E-state index contributed by atoms with van der Waals surface area (Å²) in [6.07, 6.45) is 0.0119. The number of sulfonamides is 1. The minimum Gasteiger partial charge on any atom is -0.469 e. The second-order valence-corrected chi connectivity index (χ2v) is 8.35. The maximum atomic E-state index is 12.4. The first-order valence-electron chi connectivity index (χ1n) is 9.04. The molecular formula is C21H23NO6S. The van der Waals surface area contributed by atoms with Gasteiger partial charge in [-0.25, -0.2) is 8.42 Å². The molecule has 0 saturated carbocycles. The number of esters is 1. The van der Waals surface area contributed by atoms with Gasteiger partial charge < -0.3 is 4.74 Å². The van der Waals surface area contributed by atoms with Crippen LogP contribution in [0.3, 0.4) is 0 Å². The summed E-state index contributed by atoms with van der Waals surface area (Å²) in [5.41, 5.74) is 1.61. The highest BCUT2D eigenvalue weighted by Gasteiger charge is 2.22. The van der Waals surface area contributed by atoms with Crippen molar-refractivity contribution in [2.24, 2.45) is 0 Å². The molecule has 2 aromatic rings. The molecule has 0 aromatic heterocycles. The van der Waals surface area contributed by atoms with E-state index >= 15 is 0 Å². The van der Waals surface area contributed by atoms with E-state index in [9.17, 15) is 22.8 Å². The van der Waals surface area contributed by atoms with Crippen molar-refractivity contribution in [1.82, 2.24) is 4.72 Å². The Hall–Kier alpha value is -3.00. The maximum absolute atomic E-state index is 12.4. The Morgan fingerprint density at radius 3 is 2.14 bits per heavy atom. The van der Waals surface area contributed by atoms with Gasteiger partial charge in [-0.1, -0.05) is 54.6 Å². The lowest BCUT2D eigenvalue weighted by molar-refractivity contribution is -0.140. The number of amides is 1. The van der Waals surface area contributed by atoms with Crippen LogP contribution in [0.15, 0.2) is 54.6 Å². The first-order valence-corrected chi connectivity index (χ1v) is 10.7. The van der Waals surface area contributed by atoms with Crippen LogP contribution >= 0.6 is 0 Å². The third-order valence-electron chi connectivity index (χ3n) is 4.38. The van der Waals surface area contributed by atoms with Gasteiger partial charge in [-0.2, -0.15) is 0 Å². The Morgan fingerprint density at radius 1 is 0.966 bits per heavy atom. The van der Waals surface area contributed by atoms with Gasteiger partial charge in [0, 0.05) is 17.5 Å². The molecule has 0 aliphatic heterocycles. The van der Waals surface area contributed by atoms with Gasteiger partial charge in [0.05, 0.1) is 18.8 Å². The van der Waals surface area contributed by atoms with Crippen LogP contribution in [0.5, 0.6) is 0 Å². The van der Waals surface area contributed by atoms with Crippen molar-refractivity contribution in [2.45, 2.75) is 25.7 Å². The lowest BCUT2D eigenvalue weighted by Crippen LogP contribution is -2.35. The van der Waals surface area contributed by atoms with Crippen molar-refractivity contribution < 1.29 is 27.5 Å². The van der Waals surface area contributed by atoms with Gasteiger partial charge in [0.1, 0.15) is 0 Å². The van der Waals surface area contributed by atoms with Crippen LogP contribution in [0.25, 0.3) is 0 Å². The Labute approximate surface area is 170 Å². The summed E-state index contributed by atoms with van der Waals surface area (Å²) in [7, 11) is -2.64. The summed E-state index contributed by atoms with van der Waals surface area (Å²) in [5, 5.41) is 0. The van der Waals surface area contributed by atoms with Gasteiger partial charge >= 0.3 is 5.97 Å². The Balaban J connectivity index is 1.98. The molecule has 0 saturated heterocycles. The van der Waals surface area contributed by atoms with Crippen LogP contribution in [0, 0.1) is 0 Å². The quantitative estimate of drug-likeness (QED) is 0.496. The molecule has 1 atom stereocenters. The molecule has 0 spiro atoms. The average Bonchev–Trinajstić information content (AvgIpc) is 2.72. The molecule has 154 valence electrons. The largest absolute Gasteiger partial charge is 0.469 e. The van der Waals surface area contributed by atoms with Gasteiger partial charge in [-0.3, -0.25) is 19.1 Å². The van der Waals surface area contributed by atoms with E-state index in [0.29, 0.717) is 16.7 Å². The summed E-state index contributed by atoms with van der Waals surface area (Å²) < 4.78 is 30.5. The number of nitrogens with one attached hydrogen (secondary N) is 1. The molecule has 1 N–H and O–H groups in total. The second kappa shape index (κ2) is 9.97. The number of benzene rings is 2. The van der Waals surface area contributed by atoms with Gasteiger partial charge in [0.15, 0.2) is 5.78 Å². The lowest BCUT2D eigenvalue weighted by atomic mass is 9.97. The van der Waals surface area contributed by atoms with Gasteiger partial charge in [-0.15, -0.1) is 0 Å². The zero-order valence-electron chi connectivity index (χ0n) is 16.3. The highest BCUT2D eigenvalue weighted by molar-refractivity contribution is 7.90. The van der Waals surface area contributed by atoms with E-state index in [1.807, 2.05) is 10.8 Å². The van der Waals surface area contributed by atoms with Gasteiger partial charge in [-0.05, 0) is 18.9 Å². The Kier molecular flexibility index (Phi) is 7.67. The summed E-state index contributed by atoms with van der Waals surface area (Å²) in [6.45, 7) is 1.58. The van der Waals surface area contributed by atoms with Crippen molar-refractivity contribution >= 4 is 27.7 Å². The minimum absolute atomic E-state index is 0.0436. The monoisotopic (exact) mass is 417 g/mol. The molecule has 1 amide bonds.